The van der Waals surface area contributed by atoms with Crippen molar-refractivity contribution in [3.8, 4) is 5.75 Å². The van der Waals surface area contributed by atoms with Gasteiger partial charge in [-0.2, -0.15) is 0 Å². The minimum absolute atomic E-state index is 0.0109. The molecule has 13 N–H and O–H groups in total. The molecule has 15 nitrogen and oxygen atoms in total. The first-order valence-corrected chi connectivity index (χ1v) is 10.9. The molecule has 0 heterocycles. The number of amides is 4. The van der Waals surface area contributed by atoms with E-state index in [9.17, 15) is 29.1 Å². The Kier molecular flexibility index (Phi) is 12.2. The van der Waals surface area contributed by atoms with Gasteiger partial charge in [-0.15, -0.1) is 0 Å². The van der Waals surface area contributed by atoms with E-state index in [0.29, 0.717) is 5.56 Å². The van der Waals surface area contributed by atoms with Crippen molar-refractivity contribution in [3.63, 3.8) is 0 Å². The Hall–Kier alpha value is -4.40. The highest BCUT2D eigenvalue weighted by Crippen LogP contribution is 2.12. The smallest absolute Gasteiger partial charge is 0.322 e. The molecule has 1 aromatic carbocycles. The lowest BCUT2D eigenvalue weighted by molar-refractivity contribution is -0.138. The number of aromatic hydroxyl groups is 1. The number of guanidine groups is 1. The highest BCUT2D eigenvalue weighted by molar-refractivity contribution is 5.94. The lowest BCUT2D eigenvalue weighted by Gasteiger charge is -2.24. The molecule has 1 aromatic rings. The lowest BCUT2D eigenvalue weighted by atomic mass is 10.0. The maximum absolute atomic E-state index is 13.1. The normalized spacial score (nSPS) is 12.9. The monoisotopic (exact) mass is 508 g/mol. The largest absolute Gasteiger partial charge is 0.508 e. The maximum atomic E-state index is 13.1. The zero-order valence-corrected chi connectivity index (χ0v) is 19.5. The first kappa shape index (κ1) is 29.6. The predicted molar refractivity (Wildman–Crippen MR) is 128 cm³/mol. The van der Waals surface area contributed by atoms with Gasteiger partial charge in [0.1, 0.15) is 24.4 Å². The van der Waals surface area contributed by atoms with Crippen molar-refractivity contribution in [2.24, 2.45) is 27.9 Å². The fourth-order valence-electron chi connectivity index (χ4n) is 3.00. The number of nitrogens with zero attached hydrogens (tertiary/aromatic N) is 1. The van der Waals surface area contributed by atoms with Crippen LogP contribution in [0.4, 0.5) is 0 Å². The molecule has 0 aliphatic rings. The highest BCUT2D eigenvalue weighted by atomic mass is 16.4. The summed E-state index contributed by atoms with van der Waals surface area (Å²) in [5, 5.41) is 25.4. The van der Waals surface area contributed by atoms with Gasteiger partial charge in [-0.3, -0.25) is 29.0 Å². The van der Waals surface area contributed by atoms with E-state index in [0.717, 1.165) is 0 Å². The Balaban J connectivity index is 3.07. The molecule has 0 aliphatic carbocycles. The van der Waals surface area contributed by atoms with Crippen LogP contribution in [0.5, 0.6) is 5.75 Å². The van der Waals surface area contributed by atoms with Crippen LogP contribution in [0.15, 0.2) is 29.3 Å². The molecule has 15 heteroatoms. The van der Waals surface area contributed by atoms with Crippen molar-refractivity contribution in [2.45, 2.75) is 43.8 Å². The molecule has 0 bridgehead atoms. The topological polar surface area (TPSA) is 278 Å². The van der Waals surface area contributed by atoms with Gasteiger partial charge in [0.15, 0.2) is 5.96 Å². The molecule has 0 saturated heterocycles. The van der Waals surface area contributed by atoms with Gasteiger partial charge in [0.2, 0.25) is 23.6 Å². The van der Waals surface area contributed by atoms with Crippen molar-refractivity contribution < 1.29 is 34.2 Å². The van der Waals surface area contributed by atoms with Gasteiger partial charge >= 0.3 is 5.97 Å². The molecule has 0 radical (unpaired) electrons. The Labute approximate surface area is 206 Å². The number of carboxylic acid groups (broad SMARTS) is 1. The summed E-state index contributed by atoms with van der Waals surface area (Å²) in [4.78, 5) is 63.8. The van der Waals surface area contributed by atoms with Crippen molar-refractivity contribution in [1.29, 1.82) is 0 Å². The van der Waals surface area contributed by atoms with E-state index >= 15 is 0 Å². The fraction of sp³-hybridized carbons (Fsp3) is 0.429. The third-order valence-corrected chi connectivity index (χ3v) is 4.76. The molecule has 198 valence electrons. The van der Waals surface area contributed by atoms with E-state index in [2.05, 4.69) is 20.9 Å². The van der Waals surface area contributed by atoms with Gasteiger partial charge < -0.3 is 49.1 Å². The summed E-state index contributed by atoms with van der Waals surface area (Å²) >= 11 is 0. The SMILES string of the molecule is NC(=O)CC(N)C(=O)NC(Cc1ccc(O)cc1)C(=O)NC(CCCN=C(N)N)C(=O)NCC(=O)O. The summed E-state index contributed by atoms with van der Waals surface area (Å²) in [6, 6.07) is 2.09. The average molecular weight is 509 g/mol. The molecule has 3 unspecified atom stereocenters. The third kappa shape index (κ3) is 11.6. The van der Waals surface area contributed by atoms with E-state index in [1.54, 1.807) is 0 Å². The second-order valence-corrected chi connectivity index (χ2v) is 7.83. The van der Waals surface area contributed by atoms with Crippen LogP contribution in [0.1, 0.15) is 24.8 Å². The number of carboxylic acids is 1. The number of phenolic OH excluding ortho intramolecular Hbond substituents is 1. The van der Waals surface area contributed by atoms with E-state index < -0.39 is 60.7 Å². The van der Waals surface area contributed by atoms with Crippen molar-refractivity contribution >= 4 is 35.6 Å². The van der Waals surface area contributed by atoms with Gasteiger partial charge in [-0.05, 0) is 30.5 Å². The lowest BCUT2D eigenvalue weighted by Crippen LogP contribution is -2.57. The number of carbonyl (C=O) groups is 5. The first-order chi connectivity index (χ1) is 16.9. The zero-order chi connectivity index (χ0) is 27.3. The molecule has 36 heavy (non-hydrogen) atoms. The summed E-state index contributed by atoms with van der Waals surface area (Å²) in [5.74, 6) is -4.64. The number of carbonyl (C=O) groups excluding carboxylic acids is 4. The summed E-state index contributed by atoms with van der Waals surface area (Å²) < 4.78 is 0. The number of rotatable bonds is 15. The Bertz CT molecular complexity index is 964. The standard InChI is InChI=1S/C21H32N8O7/c22-13(9-16(23)31)18(34)29-15(8-11-3-5-12(30)6-4-11)20(36)28-14(2-1-7-26-21(24)25)19(35)27-10-17(32)33/h3-6,13-15,30H,1-2,7-10,22H2,(H2,23,31)(H,27,35)(H,28,36)(H,29,34)(H,32,33)(H4,24,25,26). The fourth-order valence-corrected chi connectivity index (χ4v) is 3.00. The van der Waals surface area contributed by atoms with Gasteiger partial charge in [-0.25, -0.2) is 0 Å². The second kappa shape index (κ2) is 14.8. The second-order valence-electron chi connectivity index (χ2n) is 7.83. The average Bonchev–Trinajstić information content (AvgIpc) is 2.79. The molecule has 0 saturated carbocycles. The van der Waals surface area contributed by atoms with E-state index in [1.165, 1.54) is 24.3 Å². The van der Waals surface area contributed by atoms with Crippen LogP contribution in [-0.2, 0) is 30.4 Å². The van der Waals surface area contributed by atoms with E-state index in [1.807, 2.05) is 0 Å². The Morgan fingerprint density at radius 1 is 0.917 bits per heavy atom. The minimum Gasteiger partial charge on any atom is -0.508 e. The number of nitrogens with two attached hydrogens (primary N) is 4. The summed E-state index contributed by atoms with van der Waals surface area (Å²) in [5.41, 5.74) is 21.8. The number of hydrogen-bond acceptors (Lipinski definition) is 8. The molecule has 0 aromatic heterocycles. The van der Waals surface area contributed by atoms with Gasteiger partial charge in [0.05, 0.1) is 12.5 Å². The third-order valence-electron chi connectivity index (χ3n) is 4.76. The van der Waals surface area contributed by atoms with Crippen LogP contribution in [0.3, 0.4) is 0 Å². The predicted octanol–water partition coefficient (Wildman–Crippen LogP) is -3.64. The number of benzene rings is 1. The summed E-state index contributed by atoms with van der Waals surface area (Å²) in [7, 11) is 0. The molecule has 1 rings (SSSR count). The van der Waals surface area contributed by atoms with E-state index in [4.69, 9.17) is 28.0 Å². The molecule has 3 atom stereocenters. The highest BCUT2D eigenvalue weighted by Gasteiger charge is 2.29. The van der Waals surface area contributed by atoms with Gasteiger partial charge in [-0.1, -0.05) is 12.1 Å². The van der Waals surface area contributed by atoms with Crippen LogP contribution in [0.25, 0.3) is 0 Å². The molecule has 0 spiro atoms. The van der Waals surface area contributed by atoms with Gasteiger partial charge in [0, 0.05) is 13.0 Å². The first-order valence-electron chi connectivity index (χ1n) is 10.9. The minimum atomic E-state index is -1.31. The van der Waals surface area contributed by atoms with Crippen LogP contribution < -0.4 is 38.9 Å². The Morgan fingerprint density at radius 2 is 1.53 bits per heavy atom. The van der Waals surface area contributed by atoms with Crippen LogP contribution in [0.2, 0.25) is 0 Å². The number of aliphatic imine (C=N–C) groups is 1. The van der Waals surface area contributed by atoms with Crippen LogP contribution in [-0.4, -0.2) is 77.0 Å². The number of primary amides is 1. The van der Waals surface area contributed by atoms with Crippen molar-refractivity contribution in [3.05, 3.63) is 29.8 Å². The number of phenols is 1. The van der Waals surface area contributed by atoms with Crippen molar-refractivity contribution in [2.75, 3.05) is 13.1 Å². The van der Waals surface area contributed by atoms with E-state index in [-0.39, 0.29) is 37.5 Å². The molecular formula is C21H32N8O7. The number of aliphatic carboxylic acids is 1. The van der Waals surface area contributed by atoms with Crippen LogP contribution in [0, 0.1) is 0 Å². The molecule has 0 aliphatic heterocycles. The van der Waals surface area contributed by atoms with Gasteiger partial charge in [0.25, 0.3) is 0 Å². The molecular weight excluding hydrogens is 476 g/mol. The number of hydrogen-bond donors (Lipinski definition) is 9. The molecule has 0 fully saturated rings. The number of nitrogens with one attached hydrogen (secondary N) is 3. The maximum Gasteiger partial charge on any atom is 0.322 e. The summed E-state index contributed by atoms with van der Waals surface area (Å²) in [6.07, 6.45) is -0.195. The zero-order valence-electron chi connectivity index (χ0n) is 19.5. The summed E-state index contributed by atoms with van der Waals surface area (Å²) in [6.45, 7) is -0.523. The Morgan fingerprint density at radius 3 is 2.08 bits per heavy atom. The van der Waals surface area contributed by atoms with Crippen molar-refractivity contribution in [1.82, 2.24) is 16.0 Å². The molecule has 4 amide bonds. The quantitative estimate of drug-likeness (QED) is 0.0636. The van der Waals surface area contributed by atoms with Crippen LogP contribution >= 0.6 is 0 Å².